The Morgan fingerprint density at radius 2 is 2.11 bits per heavy atom. The van der Waals surface area contributed by atoms with Gasteiger partial charge in [0.05, 0.1) is 6.54 Å². The Morgan fingerprint density at radius 3 is 2.84 bits per heavy atom. The third-order valence-corrected chi connectivity index (χ3v) is 2.55. The first kappa shape index (κ1) is 13.2. The molecule has 0 aliphatic heterocycles. The van der Waals surface area contributed by atoms with Gasteiger partial charge in [-0.1, -0.05) is 0 Å². The van der Waals surface area contributed by atoms with Gasteiger partial charge < -0.3 is 5.32 Å². The van der Waals surface area contributed by atoms with Crippen LogP contribution in [0.4, 0.5) is 5.82 Å². The number of rotatable bonds is 4. The number of anilines is 1. The molecule has 0 unspecified atom stereocenters. The molecule has 0 aliphatic rings. The van der Waals surface area contributed by atoms with Crippen LogP contribution in [0.25, 0.3) is 0 Å². The van der Waals surface area contributed by atoms with Crippen LogP contribution in [0, 0.1) is 13.8 Å². The topological polar surface area (TPSA) is 72.7 Å². The Kier molecular flexibility index (Phi) is 3.89. The lowest BCUT2D eigenvalue weighted by molar-refractivity contribution is 0.683. The lowest BCUT2D eigenvalue weighted by atomic mass is 10.4. The summed E-state index contributed by atoms with van der Waals surface area (Å²) in [6.07, 6.45) is 3.31. The first-order chi connectivity index (χ1) is 9.08. The van der Waals surface area contributed by atoms with E-state index in [2.05, 4.69) is 20.3 Å². The van der Waals surface area contributed by atoms with Crippen LogP contribution in [0.1, 0.15) is 24.0 Å². The Morgan fingerprint density at radius 1 is 1.32 bits per heavy atom. The zero-order valence-corrected chi connectivity index (χ0v) is 11.3. The summed E-state index contributed by atoms with van der Waals surface area (Å²) in [4.78, 5) is 24.2. The number of nitrogens with zero attached hydrogens (tertiary/aromatic N) is 4. The van der Waals surface area contributed by atoms with Gasteiger partial charge in [-0.05, 0) is 26.3 Å². The van der Waals surface area contributed by atoms with Crippen molar-refractivity contribution in [2.45, 2.75) is 27.3 Å². The van der Waals surface area contributed by atoms with Crippen LogP contribution < -0.4 is 11.0 Å². The molecule has 0 fully saturated rings. The largest absolute Gasteiger partial charge is 0.370 e. The number of aryl methyl sites for hydroxylation is 2. The highest BCUT2D eigenvalue weighted by Gasteiger charge is 2.05. The summed E-state index contributed by atoms with van der Waals surface area (Å²) in [5, 5.41) is 3.15. The van der Waals surface area contributed by atoms with E-state index in [0.717, 1.165) is 23.6 Å². The molecule has 0 aromatic carbocycles. The first-order valence-corrected chi connectivity index (χ1v) is 6.20. The molecule has 0 atom stereocenters. The van der Waals surface area contributed by atoms with Crippen LogP contribution in [0.3, 0.4) is 0 Å². The molecule has 2 rings (SSSR count). The molecular formula is C13H17N5O. The standard InChI is InChI=1S/C13H17N5O/c1-4-14-11-5-10(3)16-12(17-11)8-18-7-9(2)6-15-13(18)19/h5-7H,4,8H2,1-3H3,(H,14,16,17). The summed E-state index contributed by atoms with van der Waals surface area (Å²) in [6.45, 7) is 6.93. The summed E-state index contributed by atoms with van der Waals surface area (Å²) >= 11 is 0. The van der Waals surface area contributed by atoms with Crippen LogP contribution in [0.2, 0.25) is 0 Å². The minimum atomic E-state index is -0.291. The van der Waals surface area contributed by atoms with E-state index in [1.54, 1.807) is 12.4 Å². The molecule has 2 aromatic rings. The Bertz CT molecular complexity index is 635. The molecule has 0 aliphatic carbocycles. The van der Waals surface area contributed by atoms with E-state index in [4.69, 9.17) is 0 Å². The quantitative estimate of drug-likeness (QED) is 0.891. The monoisotopic (exact) mass is 259 g/mol. The molecule has 100 valence electrons. The van der Waals surface area contributed by atoms with Crippen molar-refractivity contribution in [3.63, 3.8) is 0 Å². The summed E-state index contributed by atoms with van der Waals surface area (Å²) in [7, 11) is 0. The van der Waals surface area contributed by atoms with Gasteiger partial charge in [0.1, 0.15) is 5.82 Å². The maximum Gasteiger partial charge on any atom is 0.347 e. The zero-order chi connectivity index (χ0) is 13.8. The summed E-state index contributed by atoms with van der Waals surface area (Å²) < 4.78 is 1.51. The third-order valence-electron chi connectivity index (χ3n) is 2.55. The molecule has 0 saturated heterocycles. The van der Waals surface area contributed by atoms with Crippen molar-refractivity contribution in [1.29, 1.82) is 0 Å². The van der Waals surface area contributed by atoms with Gasteiger partial charge in [-0.2, -0.15) is 0 Å². The van der Waals surface area contributed by atoms with Gasteiger partial charge in [0.15, 0.2) is 5.82 Å². The fourth-order valence-corrected chi connectivity index (χ4v) is 1.80. The van der Waals surface area contributed by atoms with E-state index < -0.39 is 0 Å². The van der Waals surface area contributed by atoms with Crippen molar-refractivity contribution >= 4 is 5.82 Å². The summed E-state index contributed by atoms with van der Waals surface area (Å²) in [5.41, 5.74) is 1.51. The van der Waals surface area contributed by atoms with Gasteiger partial charge in [-0.3, -0.25) is 4.57 Å². The highest BCUT2D eigenvalue weighted by atomic mass is 16.1. The zero-order valence-electron chi connectivity index (χ0n) is 11.3. The fraction of sp³-hybridized carbons (Fsp3) is 0.385. The molecule has 0 saturated carbocycles. The van der Waals surface area contributed by atoms with Gasteiger partial charge in [0.25, 0.3) is 0 Å². The predicted molar refractivity (Wildman–Crippen MR) is 73.3 cm³/mol. The van der Waals surface area contributed by atoms with E-state index in [0.29, 0.717) is 12.4 Å². The van der Waals surface area contributed by atoms with Gasteiger partial charge in [0.2, 0.25) is 0 Å². The van der Waals surface area contributed by atoms with Crippen LogP contribution in [0.15, 0.2) is 23.3 Å². The minimum absolute atomic E-state index is 0.291. The van der Waals surface area contributed by atoms with Crippen LogP contribution in [-0.2, 0) is 6.54 Å². The molecule has 19 heavy (non-hydrogen) atoms. The highest BCUT2D eigenvalue weighted by Crippen LogP contribution is 2.06. The van der Waals surface area contributed by atoms with Gasteiger partial charge in [-0.25, -0.2) is 19.7 Å². The van der Waals surface area contributed by atoms with E-state index in [1.165, 1.54) is 4.57 Å². The first-order valence-electron chi connectivity index (χ1n) is 6.20. The molecule has 1 N–H and O–H groups in total. The molecule has 0 amide bonds. The maximum atomic E-state index is 11.7. The van der Waals surface area contributed by atoms with Crippen molar-refractivity contribution in [3.05, 3.63) is 46.0 Å². The van der Waals surface area contributed by atoms with E-state index >= 15 is 0 Å². The summed E-state index contributed by atoms with van der Waals surface area (Å²) in [5.74, 6) is 1.38. The van der Waals surface area contributed by atoms with Crippen molar-refractivity contribution in [2.75, 3.05) is 11.9 Å². The third kappa shape index (κ3) is 3.37. The second-order valence-electron chi connectivity index (χ2n) is 4.38. The molecular weight excluding hydrogens is 242 g/mol. The lowest BCUT2D eigenvalue weighted by Gasteiger charge is -2.08. The second-order valence-corrected chi connectivity index (χ2v) is 4.38. The predicted octanol–water partition coefficient (Wildman–Crippen LogP) is 1.13. The molecule has 0 spiro atoms. The van der Waals surface area contributed by atoms with Crippen molar-refractivity contribution in [3.8, 4) is 0 Å². The van der Waals surface area contributed by atoms with Crippen molar-refractivity contribution in [2.24, 2.45) is 0 Å². The van der Waals surface area contributed by atoms with Crippen molar-refractivity contribution < 1.29 is 0 Å². The Balaban J connectivity index is 2.32. The van der Waals surface area contributed by atoms with E-state index in [1.807, 2.05) is 26.8 Å². The normalized spacial score (nSPS) is 10.5. The molecule has 6 nitrogen and oxygen atoms in total. The average molecular weight is 259 g/mol. The number of nitrogens with one attached hydrogen (secondary N) is 1. The van der Waals surface area contributed by atoms with E-state index in [-0.39, 0.29) is 5.69 Å². The number of hydrogen-bond donors (Lipinski definition) is 1. The Hall–Kier alpha value is -2.24. The van der Waals surface area contributed by atoms with Crippen LogP contribution >= 0.6 is 0 Å². The maximum absolute atomic E-state index is 11.7. The molecule has 2 heterocycles. The minimum Gasteiger partial charge on any atom is -0.370 e. The van der Waals surface area contributed by atoms with Crippen molar-refractivity contribution in [1.82, 2.24) is 19.5 Å². The SMILES string of the molecule is CCNc1cc(C)nc(Cn2cc(C)cnc2=O)n1. The molecule has 6 heteroatoms. The fourth-order valence-electron chi connectivity index (χ4n) is 1.80. The molecule has 0 bridgehead atoms. The summed E-state index contributed by atoms with van der Waals surface area (Å²) in [6, 6.07) is 1.88. The molecule has 2 aromatic heterocycles. The second kappa shape index (κ2) is 5.60. The smallest absolute Gasteiger partial charge is 0.347 e. The van der Waals surface area contributed by atoms with Crippen LogP contribution in [-0.4, -0.2) is 26.1 Å². The van der Waals surface area contributed by atoms with Gasteiger partial charge in [0, 0.05) is 30.7 Å². The highest BCUT2D eigenvalue weighted by molar-refractivity contribution is 5.35. The number of hydrogen-bond acceptors (Lipinski definition) is 5. The lowest BCUT2D eigenvalue weighted by Crippen LogP contribution is -2.24. The van der Waals surface area contributed by atoms with Gasteiger partial charge in [-0.15, -0.1) is 0 Å². The molecule has 0 radical (unpaired) electrons. The van der Waals surface area contributed by atoms with Gasteiger partial charge >= 0.3 is 5.69 Å². The number of aromatic nitrogens is 4. The average Bonchev–Trinajstić information content (AvgIpc) is 2.33. The van der Waals surface area contributed by atoms with E-state index in [9.17, 15) is 4.79 Å². The van der Waals surface area contributed by atoms with Crippen LogP contribution in [0.5, 0.6) is 0 Å². The Labute approximate surface area is 111 Å².